The first kappa shape index (κ1) is 23.4. The third-order valence-corrected chi connectivity index (χ3v) is 7.23. The molecule has 10 heteroatoms. The number of likely N-dealkylation sites (N-methyl/N-ethyl adjacent to an activating group) is 1. The highest BCUT2D eigenvalue weighted by molar-refractivity contribution is 7.89. The number of benzene rings is 2. The minimum Gasteiger partial charge on any atom is -0.465 e. The van der Waals surface area contributed by atoms with Gasteiger partial charge in [0.2, 0.25) is 21.8 Å². The van der Waals surface area contributed by atoms with Crippen molar-refractivity contribution in [2.75, 3.05) is 30.9 Å². The highest BCUT2D eigenvalue weighted by Crippen LogP contribution is 2.31. The van der Waals surface area contributed by atoms with Gasteiger partial charge in [-0.2, -0.15) is 4.31 Å². The number of rotatable bonds is 5. The van der Waals surface area contributed by atoms with Crippen molar-refractivity contribution >= 4 is 39.2 Å². The predicted molar refractivity (Wildman–Crippen MR) is 119 cm³/mol. The van der Waals surface area contributed by atoms with Crippen LogP contribution in [0.1, 0.15) is 29.3 Å². The Morgan fingerprint density at radius 1 is 1.22 bits per heavy atom. The molecule has 0 aliphatic carbocycles. The lowest BCUT2D eigenvalue weighted by Crippen LogP contribution is -2.45. The normalized spacial score (nSPS) is 16.2. The van der Waals surface area contributed by atoms with E-state index in [1.807, 2.05) is 0 Å². The molecular weight excluding hydrogens is 434 g/mol. The zero-order valence-electron chi connectivity index (χ0n) is 18.3. The lowest BCUT2D eigenvalue weighted by atomic mass is 10.1. The molecule has 0 radical (unpaired) electrons. The van der Waals surface area contributed by atoms with E-state index < -0.39 is 34.5 Å². The molecule has 0 aromatic heterocycles. The number of hydrogen-bond acceptors (Lipinski definition) is 6. The van der Waals surface area contributed by atoms with E-state index in [4.69, 9.17) is 0 Å². The molecule has 0 saturated heterocycles. The van der Waals surface area contributed by atoms with Crippen molar-refractivity contribution in [3.63, 3.8) is 0 Å². The second kappa shape index (κ2) is 9.09. The van der Waals surface area contributed by atoms with Gasteiger partial charge in [0.1, 0.15) is 0 Å². The summed E-state index contributed by atoms with van der Waals surface area (Å²) in [6, 6.07) is 10.6. The number of carbonyl (C=O) groups is 3. The quantitative estimate of drug-likeness (QED) is 0.686. The van der Waals surface area contributed by atoms with Gasteiger partial charge >= 0.3 is 5.97 Å². The average Bonchev–Trinajstić information content (AvgIpc) is 2.86. The lowest BCUT2D eigenvalue weighted by Gasteiger charge is -2.29. The summed E-state index contributed by atoms with van der Waals surface area (Å²) < 4.78 is 31.9. The topological polar surface area (TPSA) is 113 Å². The number of fused-ring (bicyclic) bond motifs is 1. The van der Waals surface area contributed by atoms with E-state index in [9.17, 15) is 22.8 Å². The smallest absolute Gasteiger partial charge is 0.337 e. The van der Waals surface area contributed by atoms with Gasteiger partial charge in [-0.25, -0.2) is 13.2 Å². The molecule has 170 valence electrons. The van der Waals surface area contributed by atoms with Crippen molar-refractivity contribution in [1.82, 2.24) is 4.31 Å². The number of anilines is 2. The van der Waals surface area contributed by atoms with Crippen LogP contribution < -0.4 is 10.2 Å². The van der Waals surface area contributed by atoms with Crippen molar-refractivity contribution in [2.45, 2.75) is 31.2 Å². The maximum atomic E-state index is 13.2. The molecule has 0 spiro atoms. The SMILES string of the molecule is COC(=O)c1ccc(S(=O)(=O)N(C)CC(=O)N2c3ccccc3NC(=O)CC2C)c(C)c1. The minimum absolute atomic E-state index is 0.0124. The van der Waals surface area contributed by atoms with Gasteiger partial charge in [-0.1, -0.05) is 12.1 Å². The third kappa shape index (κ3) is 4.51. The standard InChI is InChI=1S/C22H25N3O6S/c1-14-11-16(22(28)31-4)9-10-19(14)32(29,30)24(3)13-21(27)25-15(2)12-20(26)23-17-7-5-6-8-18(17)25/h5-11,15H,12-13H2,1-4H3,(H,23,26). The highest BCUT2D eigenvalue weighted by atomic mass is 32.2. The molecule has 0 fully saturated rings. The fourth-order valence-corrected chi connectivity index (χ4v) is 4.99. The molecule has 0 bridgehead atoms. The maximum absolute atomic E-state index is 13.2. The fraction of sp³-hybridized carbons (Fsp3) is 0.318. The Hall–Kier alpha value is -3.24. The second-order valence-electron chi connectivity index (χ2n) is 7.62. The molecule has 1 heterocycles. The summed E-state index contributed by atoms with van der Waals surface area (Å²) >= 11 is 0. The highest BCUT2D eigenvalue weighted by Gasteiger charge is 2.32. The Kier molecular flexibility index (Phi) is 6.65. The average molecular weight is 460 g/mol. The molecule has 1 unspecified atom stereocenters. The summed E-state index contributed by atoms with van der Waals surface area (Å²) in [5.41, 5.74) is 1.60. The summed E-state index contributed by atoms with van der Waals surface area (Å²) in [6.07, 6.45) is 0.0883. The molecule has 32 heavy (non-hydrogen) atoms. The van der Waals surface area contributed by atoms with Crippen molar-refractivity contribution in [3.8, 4) is 0 Å². The maximum Gasteiger partial charge on any atom is 0.337 e. The first-order valence-corrected chi connectivity index (χ1v) is 11.4. The minimum atomic E-state index is -4.02. The van der Waals surface area contributed by atoms with E-state index in [0.717, 1.165) is 4.31 Å². The Morgan fingerprint density at radius 3 is 2.56 bits per heavy atom. The number of methoxy groups -OCH3 is 1. The fourth-order valence-electron chi connectivity index (χ4n) is 3.67. The molecule has 2 amide bonds. The molecule has 1 aliphatic heterocycles. The molecule has 1 atom stereocenters. The zero-order valence-corrected chi connectivity index (χ0v) is 19.1. The molecule has 9 nitrogen and oxygen atoms in total. The number of para-hydroxylation sites is 2. The van der Waals surface area contributed by atoms with Crippen LogP contribution in [0, 0.1) is 6.92 Å². The monoisotopic (exact) mass is 459 g/mol. The first-order valence-electron chi connectivity index (χ1n) is 9.92. The number of ether oxygens (including phenoxy) is 1. The van der Waals surface area contributed by atoms with E-state index in [0.29, 0.717) is 16.9 Å². The van der Waals surface area contributed by atoms with Crippen LogP contribution in [0.2, 0.25) is 0 Å². The van der Waals surface area contributed by atoms with Crippen LogP contribution in [0.25, 0.3) is 0 Å². The van der Waals surface area contributed by atoms with Gasteiger partial charge < -0.3 is 15.0 Å². The Bertz CT molecular complexity index is 1180. The molecular formula is C22H25N3O6S. The van der Waals surface area contributed by atoms with Gasteiger partial charge in [-0.3, -0.25) is 9.59 Å². The van der Waals surface area contributed by atoms with Gasteiger partial charge in [-0.15, -0.1) is 0 Å². The van der Waals surface area contributed by atoms with Crippen molar-refractivity contribution in [1.29, 1.82) is 0 Å². The van der Waals surface area contributed by atoms with Crippen molar-refractivity contribution < 1.29 is 27.5 Å². The predicted octanol–water partition coefficient (Wildman–Crippen LogP) is 2.17. The number of sulfonamides is 1. The number of esters is 1. The number of carbonyl (C=O) groups excluding carboxylic acids is 3. The summed E-state index contributed by atoms with van der Waals surface area (Å²) in [7, 11) is -1.46. The van der Waals surface area contributed by atoms with Crippen LogP contribution in [0.4, 0.5) is 11.4 Å². The van der Waals surface area contributed by atoms with E-state index in [-0.39, 0.29) is 22.8 Å². The largest absolute Gasteiger partial charge is 0.465 e. The lowest BCUT2D eigenvalue weighted by molar-refractivity contribution is -0.119. The summed E-state index contributed by atoms with van der Waals surface area (Å²) in [5.74, 6) is -1.25. The van der Waals surface area contributed by atoms with Gasteiger partial charge in [0.05, 0.1) is 35.5 Å². The van der Waals surface area contributed by atoms with Crippen LogP contribution in [0.3, 0.4) is 0 Å². The van der Waals surface area contributed by atoms with Gasteiger partial charge in [-0.05, 0) is 49.7 Å². The number of nitrogens with zero attached hydrogens (tertiary/aromatic N) is 2. The van der Waals surface area contributed by atoms with E-state index >= 15 is 0 Å². The number of aryl methyl sites for hydroxylation is 1. The number of hydrogen-bond donors (Lipinski definition) is 1. The van der Waals surface area contributed by atoms with E-state index in [1.54, 1.807) is 38.1 Å². The van der Waals surface area contributed by atoms with E-state index in [1.165, 1.54) is 37.3 Å². The van der Waals surface area contributed by atoms with Crippen LogP contribution in [0.5, 0.6) is 0 Å². The van der Waals surface area contributed by atoms with Gasteiger partial charge in [0.15, 0.2) is 0 Å². The van der Waals surface area contributed by atoms with Gasteiger partial charge in [0, 0.05) is 19.5 Å². The van der Waals surface area contributed by atoms with Crippen molar-refractivity contribution in [3.05, 3.63) is 53.6 Å². The Morgan fingerprint density at radius 2 is 1.91 bits per heavy atom. The van der Waals surface area contributed by atoms with Crippen LogP contribution in [-0.2, 0) is 24.3 Å². The van der Waals surface area contributed by atoms with Crippen molar-refractivity contribution in [2.24, 2.45) is 0 Å². The number of nitrogens with one attached hydrogen (secondary N) is 1. The molecule has 3 rings (SSSR count). The molecule has 2 aromatic rings. The Balaban J connectivity index is 1.88. The summed E-state index contributed by atoms with van der Waals surface area (Å²) in [6.45, 7) is 2.89. The molecule has 0 saturated carbocycles. The van der Waals surface area contributed by atoms with Crippen LogP contribution in [-0.4, -0.2) is 57.3 Å². The number of amides is 2. The third-order valence-electron chi connectivity index (χ3n) is 5.27. The van der Waals surface area contributed by atoms with Crippen LogP contribution in [0.15, 0.2) is 47.4 Å². The van der Waals surface area contributed by atoms with Crippen LogP contribution >= 0.6 is 0 Å². The Labute approximate surface area is 187 Å². The van der Waals surface area contributed by atoms with E-state index in [2.05, 4.69) is 10.1 Å². The second-order valence-corrected chi connectivity index (χ2v) is 9.63. The van der Waals surface area contributed by atoms with Gasteiger partial charge in [0.25, 0.3) is 0 Å². The molecule has 1 N–H and O–H groups in total. The first-order chi connectivity index (χ1) is 15.1. The molecule has 1 aliphatic rings. The summed E-state index contributed by atoms with van der Waals surface area (Å²) in [5, 5.41) is 2.77. The zero-order chi connectivity index (χ0) is 23.6. The molecule has 2 aromatic carbocycles. The summed E-state index contributed by atoms with van der Waals surface area (Å²) in [4.78, 5) is 38.5.